The number of methoxy groups -OCH3 is 1. The first-order valence-corrected chi connectivity index (χ1v) is 14.3. The van der Waals surface area contributed by atoms with E-state index in [1.807, 2.05) is 24.1 Å². The van der Waals surface area contributed by atoms with Crippen molar-refractivity contribution in [3.8, 4) is 11.5 Å². The Hall–Kier alpha value is -4.98. The molecule has 230 valence electrons. The highest BCUT2D eigenvalue weighted by Crippen LogP contribution is 2.39. The van der Waals surface area contributed by atoms with Gasteiger partial charge in [-0.15, -0.1) is 0 Å². The van der Waals surface area contributed by atoms with Crippen molar-refractivity contribution in [2.45, 2.75) is 31.8 Å². The van der Waals surface area contributed by atoms with E-state index in [4.69, 9.17) is 9.47 Å². The molecule has 4 N–H and O–H groups in total. The van der Waals surface area contributed by atoms with Gasteiger partial charge in [0.2, 0.25) is 11.9 Å². The quantitative estimate of drug-likeness (QED) is 0.306. The van der Waals surface area contributed by atoms with Gasteiger partial charge < -0.3 is 35.6 Å². The number of carbonyl (C=O) groups excluding carboxylic acids is 3. The van der Waals surface area contributed by atoms with Gasteiger partial charge in [0.05, 0.1) is 31.2 Å². The lowest BCUT2D eigenvalue weighted by Crippen LogP contribution is -2.58. The first kappa shape index (κ1) is 29.1. The normalized spacial score (nSPS) is 20.6. The molecular formula is C30H33FN8O5. The molecule has 5 aliphatic heterocycles. The van der Waals surface area contributed by atoms with Crippen molar-refractivity contribution in [3.63, 3.8) is 0 Å². The third kappa shape index (κ3) is 5.55. The van der Waals surface area contributed by atoms with Gasteiger partial charge in [-0.3, -0.25) is 19.3 Å². The van der Waals surface area contributed by atoms with Gasteiger partial charge in [0.25, 0.3) is 17.4 Å². The van der Waals surface area contributed by atoms with Gasteiger partial charge in [-0.25, -0.2) is 9.37 Å². The average Bonchev–Trinajstić information content (AvgIpc) is 3.41. The van der Waals surface area contributed by atoms with Crippen LogP contribution in [0.4, 0.5) is 38.9 Å². The zero-order valence-electron chi connectivity index (χ0n) is 24.6. The average molecular weight is 605 g/mol. The van der Waals surface area contributed by atoms with Crippen LogP contribution >= 0.6 is 0 Å². The predicted molar refractivity (Wildman–Crippen MR) is 161 cm³/mol. The van der Waals surface area contributed by atoms with E-state index < -0.39 is 23.2 Å². The van der Waals surface area contributed by atoms with Crippen LogP contribution in [0.3, 0.4) is 0 Å². The fourth-order valence-electron chi connectivity index (χ4n) is 5.44. The van der Waals surface area contributed by atoms with Crippen molar-refractivity contribution in [1.82, 2.24) is 20.2 Å². The highest BCUT2D eigenvalue weighted by molar-refractivity contribution is 6.15. The van der Waals surface area contributed by atoms with Crippen LogP contribution in [0.25, 0.3) is 0 Å². The van der Waals surface area contributed by atoms with Crippen molar-refractivity contribution >= 4 is 52.2 Å². The molecule has 0 aliphatic carbocycles. The highest BCUT2D eigenvalue weighted by atomic mass is 19.1. The number of nitrogens with one attached hydrogen (secondary N) is 4. The Morgan fingerprint density at radius 3 is 2.68 bits per heavy atom. The molecule has 5 aliphatic rings. The third-order valence-corrected chi connectivity index (χ3v) is 7.92. The topological polar surface area (TPSA) is 150 Å². The molecule has 2 aromatic carbocycles. The number of likely N-dealkylation sites (N-methyl/N-ethyl adjacent to an activating group) is 1. The van der Waals surface area contributed by atoms with Gasteiger partial charge in [0.15, 0.2) is 11.6 Å². The molecule has 0 saturated carbocycles. The molecule has 3 aromatic rings. The molecule has 1 aromatic heterocycles. The Morgan fingerprint density at radius 1 is 1.02 bits per heavy atom. The summed E-state index contributed by atoms with van der Waals surface area (Å²) in [4.78, 5) is 51.4. The minimum atomic E-state index is -1.77. The van der Waals surface area contributed by atoms with Crippen LogP contribution in [0.15, 0.2) is 36.5 Å². The highest BCUT2D eigenvalue weighted by Gasteiger charge is 2.47. The number of nitrogens with zero attached hydrogens (tertiary/aromatic N) is 4. The lowest BCUT2D eigenvalue weighted by Gasteiger charge is -2.33. The number of hydrogen-bond acceptors (Lipinski definition) is 10. The number of carbonyl (C=O) groups is 3. The van der Waals surface area contributed by atoms with E-state index in [0.29, 0.717) is 55.3 Å². The molecule has 8 bridgehead atoms. The van der Waals surface area contributed by atoms with Gasteiger partial charge in [-0.2, -0.15) is 4.98 Å². The number of rotatable bonds is 1. The van der Waals surface area contributed by atoms with E-state index in [1.165, 1.54) is 6.92 Å². The standard InChI is InChI=1S/C30H33FN8O5/c1-30-27(41)32-9-4-5-10-38(2)16-25(40)39-11-8-17-12-24(43-3)21(14-22(17)39)36-29-33-15-19(31)26(37-29)34-18-6-7-23(44-30)20(13-18)35-28(30)42/h6-7,12-15H,4-5,8-11,16H2,1-3H3,(H,32,41)(H,35,42)(H2,33,34,36,37). The first-order chi connectivity index (χ1) is 21.1. The molecule has 1 unspecified atom stereocenters. The molecule has 8 rings (SSSR count). The summed E-state index contributed by atoms with van der Waals surface area (Å²) in [5.41, 5.74) is 1.21. The van der Waals surface area contributed by atoms with Crippen LogP contribution in [0, 0.1) is 5.82 Å². The van der Waals surface area contributed by atoms with Crippen molar-refractivity contribution in [2.75, 3.05) is 61.2 Å². The Labute approximate surface area is 253 Å². The molecule has 0 saturated heterocycles. The molecule has 13 nitrogen and oxygen atoms in total. The SMILES string of the molecule is COc1cc2c3cc1Nc1ncc(F)c(n1)Nc1ccc4c(c1)NC(=O)C(C)(O4)C(=O)NCCCCN(C)CC(=O)N3CC2. The molecule has 3 amide bonds. The van der Waals surface area contributed by atoms with Crippen molar-refractivity contribution < 1.29 is 28.2 Å². The van der Waals surface area contributed by atoms with E-state index in [9.17, 15) is 18.8 Å². The second-order valence-electron chi connectivity index (χ2n) is 11.1. The Balaban J connectivity index is 1.34. The summed E-state index contributed by atoms with van der Waals surface area (Å²) in [6.45, 7) is 3.14. The van der Waals surface area contributed by atoms with Crippen LogP contribution in [0.2, 0.25) is 0 Å². The third-order valence-electron chi connectivity index (χ3n) is 7.92. The number of halogens is 1. The number of ether oxygens (including phenoxy) is 2. The minimum Gasteiger partial charge on any atom is -0.495 e. The first-order valence-electron chi connectivity index (χ1n) is 14.3. The van der Waals surface area contributed by atoms with Crippen LogP contribution in [0.1, 0.15) is 25.3 Å². The molecule has 6 heterocycles. The summed E-state index contributed by atoms with van der Waals surface area (Å²) in [5, 5.41) is 11.5. The van der Waals surface area contributed by atoms with Crippen molar-refractivity contribution in [1.29, 1.82) is 0 Å². The number of benzene rings is 2. The zero-order chi connectivity index (χ0) is 31.0. The minimum absolute atomic E-state index is 0.0481. The van der Waals surface area contributed by atoms with E-state index in [0.717, 1.165) is 23.9 Å². The lowest BCUT2D eigenvalue weighted by atomic mass is 10.0. The predicted octanol–water partition coefficient (Wildman–Crippen LogP) is 2.93. The Morgan fingerprint density at radius 2 is 1.86 bits per heavy atom. The Bertz CT molecular complexity index is 1650. The number of aromatic nitrogens is 2. The van der Waals surface area contributed by atoms with Crippen LogP contribution in [-0.2, 0) is 20.8 Å². The molecule has 1 atom stereocenters. The molecule has 0 radical (unpaired) electrons. The number of fused-ring (bicyclic) bond motifs is 2. The van der Waals surface area contributed by atoms with E-state index in [2.05, 4.69) is 31.2 Å². The fourth-order valence-corrected chi connectivity index (χ4v) is 5.44. The molecular weight excluding hydrogens is 571 g/mol. The second-order valence-corrected chi connectivity index (χ2v) is 11.1. The van der Waals surface area contributed by atoms with E-state index in [1.54, 1.807) is 30.2 Å². The van der Waals surface area contributed by atoms with Gasteiger partial charge in [0.1, 0.15) is 11.5 Å². The fraction of sp³-hybridized carbons (Fsp3) is 0.367. The maximum absolute atomic E-state index is 14.8. The van der Waals surface area contributed by atoms with E-state index >= 15 is 0 Å². The van der Waals surface area contributed by atoms with Crippen molar-refractivity contribution in [3.05, 3.63) is 47.9 Å². The van der Waals surface area contributed by atoms with E-state index in [-0.39, 0.29) is 30.0 Å². The number of anilines is 6. The summed E-state index contributed by atoms with van der Waals surface area (Å²) in [5.74, 6) is -1.16. The summed E-state index contributed by atoms with van der Waals surface area (Å²) < 4.78 is 26.3. The van der Waals surface area contributed by atoms with Gasteiger partial charge in [0, 0.05) is 24.5 Å². The summed E-state index contributed by atoms with van der Waals surface area (Å²) >= 11 is 0. The summed E-state index contributed by atoms with van der Waals surface area (Å²) in [7, 11) is 3.42. The second kappa shape index (κ2) is 11.6. The maximum atomic E-state index is 14.8. The maximum Gasteiger partial charge on any atom is 0.278 e. The summed E-state index contributed by atoms with van der Waals surface area (Å²) in [6, 6.07) is 8.46. The number of hydrogen-bond donors (Lipinski definition) is 4. The van der Waals surface area contributed by atoms with Crippen LogP contribution in [0.5, 0.6) is 11.5 Å². The van der Waals surface area contributed by atoms with Crippen LogP contribution in [-0.4, -0.2) is 78.5 Å². The largest absolute Gasteiger partial charge is 0.495 e. The lowest BCUT2D eigenvalue weighted by molar-refractivity contribution is -0.146. The summed E-state index contributed by atoms with van der Waals surface area (Å²) in [6.07, 6.45) is 3.09. The smallest absolute Gasteiger partial charge is 0.278 e. The molecule has 44 heavy (non-hydrogen) atoms. The van der Waals surface area contributed by atoms with Crippen molar-refractivity contribution in [2.24, 2.45) is 0 Å². The Kier molecular flexibility index (Phi) is 7.67. The van der Waals surface area contributed by atoms with Gasteiger partial charge >= 0.3 is 0 Å². The monoisotopic (exact) mass is 604 g/mol. The van der Waals surface area contributed by atoms with Crippen LogP contribution < -0.4 is 35.6 Å². The van der Waals surface area contributed by atoms with Gasteiger partial charge in [-0.05, 0) is 75.7 Å². The molecule has 0 spiro atoms. The molecule has 14 heteroatoms. The zero-order valence-corrected chi connectivity index (χ0v) is 24.6. The van der Waals surface area contributed by atoms with Gasteiger partial charge in [-0.1, -0.05) is 0 Å². The number of amides is 3. The molecule has 0 fully saturated rings.